The van der Waals surface area contributed by atoms with Gasteiger partial charge in [0.2, 0.25) is 5.91 Å². The molecule has 1 heterocycles. The van der Waals surface area contributed by atoms with Crippen molar-refractivity contribution in [1.82, 2.24) is 14.7 Å². The van der Waals surface area contributed by atoms with Crippen LogP contribution in [-0.4, -0.2) is 40.8 Å². The molecule has 144 valence electrons. The van der Waals surface area contributed by atoms with Gasteiger partial charge in [0.05, 0.1) is 26.5 Å². The van der Waals surface area contributed by atoms with Gasteiger partial charge in [-0.25, -0.2) is 0 Å². The summed E-state index contributed by atoms with van der Waals surface area (Å²) >= 11 is 6.25. The molecule has 1 aromatic heterocycles. The van der Waals surface area contributed by atoms with E-state index < -0.39 is 0 Å². The van der Waals surface area contributed by atoms with Crippen molar-refractivity contribution in [1.29, 1.82) is 0 Å². The smallest absolute Gasteiger partial charge is 0.247 e. The predicted molar refractivity (Wildman–Crippen MR) is 105 cm³/mol. The molecule has 6 nitrogen and oxygen atoms in total. The van der Waals surface area contributed by atoms with Gasteiger partial charge in [-0.2, -0.15) is 5.10 Å². The van der Waals surface area contributed by atoms with Crippen LogP contribution < -0.4 is 9.47 Å². The Bertz CT molecular complexity index is 872. The second-order valence-corrected chi connectivity index (χ2v) is 6.98. The number of hydrogen-bond acceptors (Lipinski definition) is 4. The molecule has 1 amide bonds. The molecule has 2 aromatic rings. The summed E-state index contributed by atoms with van der Waals surface area (Å²) in [5.41, 5.74) is 2.47. The summed E-state index contributed by atoms with van der Waals surface area (Å²) in [4.78, 5) is 14.8. The lowest BCUT2D eigenvalue weighted by Crippen LogP contribution is -2.31. The third-order valence-electron chi connectivity index (χ3n) is 4.69. The summed E-state index contributed by atoms with van der Waals surface area (Å²) in [6.45, 7) is 2.34. The zero-order valence-corrected chi connectivity index (χ0v) is 16.8. The Hall–Kier alpha value is -2.47. The van der Waals surface area contributed by atoms with Crippen LogP contribution in [0.4, 0.5) is 0 Å². The van der Waals surface area contributed by atoms with Crippen LogP contribution in [0.5, 0.6) is 11.5 Å². The van der Waals surface area contributed by atoms with E-state index in [1.807, 2.05) is 30.0 Å². The number of rotatable bonds is 7. The molecular weight excluding hydrogens is 366 g/mol. The van der Waals surface area contributed by atoms with Crippen molar-refractivity contribution in [2.24, 2.45) is 7.05 Å². The lowest BCUT2D eigenvalue weighted by Gasteiger charge is -2.22. The molecule has 0 atom stereocenters. The van der Waals surface area contributed by atoms with Gasteiger partial charge in [-0.1, -0.05) is 11.6 Å². The highest BCUT2D eigenvalue weighted by molar-refractivity contribution is 6.31. The first-order valence-electron chi connectivity index (χ1n) is 8.83. The number of aromatic nitrogens is 2. The van der Waals surface area contributed by atoms with E-state index in [4.69, 9.17) is 21.1 Å². The zero-order chi connectivity index (χ0) is 19.6. The first-order chi connectivity index (χ1) is 12.9. The highest BCUT2D eigenvalue weighted by Gasteiger charge is 2.32. The average molecular weight is 390 g/mol. The monoisotopic (exact) mass is 389 g/mol. The van der Waals surface area contributed by atoms with Crippen molar-refractivity contribution >= 4 is 23.6 Å². The second kappa shape index (κ2) is 8.05. The Morgan fingerprint density at radius 3 is 2.67 bits per heavy atom. The van der Waals surface area contributed by atoms with E-state index >= 15 is 0 Å². The van der Waals surface area contributed by atoms with Gasteiger partial charge in [-0.15, -0.1) is 0 Å². The van der Waals surface area contributed by atoms with E-state index in [-0.39, 0.29) is 11.9 Å². The van der Waals surface area contributed by atoms with Crippen LogP contribution in [0.15, 0.2) is 24.3 Å². The van der Waals surface area contributed by atoms with Crippen LogP contribution in [0.25, 0.3) is 6.08 Å². The molecule has 1 fully saturated rings. The first-order valence-corrected chi connectivity index (χ1v) is 9.21. The maximum atomic E-state index is 12.9. The van der Waals surface area contributed by atoms with Gasteiger partial charge in [0.15, 0.2) is 0 Å². The summed E-state index contributed by atoms with van der Waals surface area (Å²) in [5, 5.41) is 4.79. The minimum Gasteiger partial charge on any atom is -0.497 e. The van der Waals surface area contributed by atoms with Crippen molar-refractivity contribution in [3.05, 3.63) is 46.2 Å². The third-order valence-corrected chi connectivity index (χ3v) is 5.14. The number of halogens is 1. The van der Waals surface area contributed by atoms with Gasteiger partial charge in [0.1, 0.15) is 16.7 Å². The fraction of sp³-hybridized carbons (Fsp3) is 0.400. The molecule has 1 saturated carbocycles. The molecule has 0 radical (unpaired) electrons. The highest BCUT2D eigenvalue weighted by Crippen LogP contribution is 2.32. The van der Waals surface area contributed by atoms with Crippen LogP contribution in [0.2, 0.25) is 5.15 Å². The fourth-order valence-corrected chi connectivity index (χ4v) is 3.29. The molecule has 3 rings (SSSR count). The molecule has 0 saturated heterocycles. The maximum Gasteiger partial charge on any atom is 0.247 e. The number of ether oxygens (including phenoxy) is 2. The van der Waals surface area contributed by atoms with Crippen LogP contribution >= 0.6 is 11.6 Å². The molecule has 27 heavy (non-hydrogen) atoms. The second-order valence-electron chi connectivity index (χ2n) is 6.62. The number of nitrogens with zero attached hydrogens (tertiary/aromatic N) is 3. The van der Waals surface area contributed by atoms with Crippen molar-refractivity contribution in [2.45, 2.75) is 32.4 Å². The maximum absolute atomic E-state index is 12.9. The van der Waals surface area contributed by atoms with Crippen LogP contribution in [0, 0.1) is 6.92 Å². The van der Waals surface area contributed by atoms with Crippen molar-refractivity contribution in [2.75, 3.05) is 14.2 Å². The van der Waals surface area contributed by atoms with Gasteiger partial charge in [-0.05, 0) is 44.0 Å². The van der Waals surface area contributed by atoms with Gasteiger partial charge >= 0.3 is 0 Å². The lowest BCUT2D eigenvalue weighted by molar-refractivity contribution is -0.127. The molecule has 0 aliphatic heterocycles. The number of hydrogen-bond donors (Lipinski definition) is 0. The van der Waals surface area contributed by atoms with E-state index in [9.17, 15) is 4.79 Å². The number of aryl methyl sites for hydroxylation is 2. The number of methoxy groups -OCH3 is 2. The van der Waals surface area contributed by atoms with Crippen molar-refractivity contribution in [3.63, 3.8) is 0 Å². The lowest BCUT2D eigenvalue weighted by atomic mass is 10.1. The first kappa shape index (κ1) is 19.3. The molecule has 7 heteroatoms. The van der Waals surface area contributed by atoms with Crippen LogP contribution in [0.3, 0.4) is 0 Å². The van der Waals surface area contributed by atoms with E-state index in [1.54, 1.807) is 38.1 Å². The Morgan fingerprint density at radius 1 is 1.37 bits per heavy atom. The minimum atomic E-state index is -0.0540. The Morgan fingerprint density at radius 2 is 2.11 bits per heavy atom. The minimum absolute atomic E-state index is 0.0540. The molecule has 1 aliphatic carbocycles. The van der Waals surface area contributed by atoms with Crippen LogP contribution in [0.1, 0.15) is 29.7 Å². The average Bonchev–Trinajstić information content (AvgIpc) is 3.46. The largest absolute Gasteiger partial charge is 0.497 e. The van der Waals surface area contributed by atoms with E-state index in [0.717, 1.165) is 41.2 Å². The highest BCUT2D eigenvalue weighted by atomic mass is 35.5. The Balaban J connectivity index is 1.82. The van der Waals surface area contributed by atoms with E-state index in [0.29, 0.717) is 11.7 Å². The summed E-state index contributed by atoms with van der Waals surface area (Å²) < 4.78 is 12.4. The van der Waals surface area contributed by atoms with Gasteiger partial charge in [0.25, 0.3) is 0 Å². The summed E-state index contributed by atoms with van der Waals surface area (Å²) in [5.74, 6) is 1.42. The number of amides is 1. The van der Waals surface area contributed by atoms with Gasteiger partial charge < -0.3 is 14.4 Å². The molecule has 0 spiro atoms. The Kier molecular flexibility index (Phi) is 5.75. The Labute approximate surface area is 164 Å². The summed E-state index contributed by atoms with van der Waals surface area (Å²) in [7, 11) is 5.03. The fourth-order valence-electron chi connectivity index (χ4n) is 3.05. The molecule has 1 aliphatic rings. The quantitative estimate of drug-likeness (QED) is 0.679. The number of carbonyl (C=O) groups is 1. The standard InChI is InChI=1S/C20H24ClN3O3/c1-13-17(20(21)23(2)22-13)8-10-19(25)24(15-5-6-15)12-14-11-16(26-3)7-9-18(14)27-4/h7-11,15H,5-6,12H2,1-4H3/b10-8+. The molecule has 0 unspecified atom stereocenters. The van der Waals surface area contributed by atoms with Crippen molar-refractivity contribution in [3.8, 4) is 11.5 Å². The van der Waals surface area contributed by atoms with Crippen molar-refractivity contribution < 1.29 is 14.3 Å². The third kappa shape index (κ3) is 4.27. The molecule has 1 aromatic carbocycles. The molecule has 0 N–H and O–H groups in total. The predicted octanol–water partition coefficient (Wildman–Crippen LogP) is 3.60. The van der Waals surface area contributed by atoms with E-state index in [1.165, 1.54) is 0 Å². The SMILES string of the molecule is COc1ccc(OC)c(CN(C(=O)/C=C/c2c(C)nn(C)c2Cl)C2CC2)c1. The van der Waals surface area contributed by atoms with Gasteiger partial charge in [-0.3, -0.25) is 9.48 Å². The summed E-state index contributed by atoms with van der Waals surface area (Å²) in [6.07, 6.45) is 5.34. The summed E-state index contributed by atoms with van der Waals surface area (Å²) in [6, 6.07) is 5.87. The van der Waals surface area contributed by atoms with Crippen LogP contribution in [-0.2, 0) is 18.4 Å². The normalized spacial score (nSPS) is 13.8. The molecular formula is C20H24ClN3O3. The number of benzene rings is 1. The number of carbonyl (C=O) groups excluding carboxylic acids is 1. The van der Waals surface area contributed by atoms with E-state index in [2.05, 4.69) is 5.10 Å². The molecule has 0 bridgehead atoms. The zero-order valence-electron chi connectivity index (χ0n) is 16.0. The van der Waals surface area contributed by atoms with Gasteiger partial charge in [0, 0.05) is 30.3 Å². The topological polar surface area (TPSA) is 56.6 Å².